The van der Waals surface area contributed by atoms with Crippen molar-refractivity contribution in [1.82, 2.24) is 15.6 Å². The van der Waals surface area contributed by atoms with E-state index in [1.54, 1.807) is 31.3 Å². The van der Waals surface area contributed by atoms with Gasteiger partial charge in [0.05, 0.1) is 12.1 Å². The van der Waals surface area contributed by atoms with Crippen LogP contribution < -0.4 is 10.6 Å². The Bertz CT molecular complexity index is 1360. The number of benzene rings is 3. The molecule has 0 saturated heterocycles. The summed E-state index contributed by atoms with van der Waals surface area (Å²) in [7, 11) is 0. The molecule has 2 amide bonds. The Morgan fingerprint density at radius 3 is 2.44 bits per heavy atom. The van der Waals surface area contributed by atoms with Crippen LogP contribution in [-0.4, -0.2) is 51.5 Å². The molecule has 0 bridgehead atoms. The second-order valence-corrected chi connectivity index (χ2v) is 9.44. The fraction of sp³-hybridized carbons (Fsp3) is 0.179. The topological polar surface area (TPSA) is 112 Å². The van der Waals surface area contributed by atoms with Crippen LogP contribution in [0.25, 0.3) is 10.8 Å². The molecule has 4 aromatic rings. The highest BCUT2D eigenvalue weighted by molar-refractivity contribution is 7.99. The van der Waals surface area contributed by atoms with Gasteiger partial charge in [-0.1, -0.05) is 48.5 Å². The van der Waals surface area contributed by atoms with Crippen molar-refractivity contribution in [1.29, 1.82) is 0 Å². The fourth-order valence-electron chi connectivity index (χ4n) is 3.71. The molecule has 0 saturated carbocycles. The van der Waals surface area contributed by atoms with Gasteiger partial charge in [-0.15, -0.1) is 11.8 Å². The number of aromatic hydroxyl groups is 1. The number of nitrogens with one attached hydrogen (secondary N) is 2. The zero-order chi connectivity index (χ0) is 25.5. The maximum atomic E-state index is 13.0. The molecule has 184 valence electrons. The Balaban J connectivity index is 1.45. The molecule has 4 rings (SSSR count). The zero-order valence-electron chi connectivity index (χ0n) is 19.7. The normalized spacial score (nSPS) is 12.6. The first-order valence-electron chi connectivity index (χ1n) is 11.5. The van der Waals surface area contributed by atoms with Crippen LogP contribution in [0.5, 0.6) is 5.75 Å². The lowest BCUT2D eigenvalue weighted by Gasteiger charge is -2.25. The summed E-state index contributed by atoms with van der Waals surface area (Å²) in [6, 6.07) is 23.0. The monoisotopic (exact) mass is 501 g/mol. The Hall–Kier alpha value is -3.88. The van der Waals surface area contributed by atoms with Gasteiger partial charge in [-0.05, 0) is 42.6 Å². The van der Waals surface area contributed by atoms with Crippen LogP contribution in [0.1, 0.15) is 26.4 Å². The Labute approximate surface area is 213 Å². The van der Waals surface area contributed by atoms with Crippen molar-refractivity contribution in [2.75, 3.05) is 12.3 Å². The lowest BCUT2D eigenvalue weighted by atomic mass is 10.1. The summed E-state index contributed by atoms with van der Waals surface area (Å²) in [4.78, 5) is 30.9. The minimum Gasteiger partial charge on any atom is -0.508 e. The lowest BCUT2D eigenvalue weighted by molar-refractivity contribution is 0.0819. The fourth-order valence-corrected chi connectivity index (χ4v) is 4.73. The van der Waals surface area contributed by atoms with Crippen LogP contribution in [0, 0.1) is 6.92 Å². The SMILES string of the molecule is Cc1c(O)cccc1C(=O)NC(CSc1ccccc1)C(O)CNC(=O)c1cc2ccccc2cn1. The minimum absolute atomic E-state index is 0.0218. The molecule has 3 aromatic carbocycles. The summed E-state index contributed by atoms with van der Waals surface area (Å²) in [5.74, 6) is -0.430. The molecule has 36 heavy (non-hydrogen) atoms. The second-order valence-electron chi connectivity index (χ2n) is 8.35. The van der Waals surface area contributed by atoms with E-state index in [0.29, 0.717) is 16.9 Å². The van der Waals surface area contributed by atoms with E-state index in [0.717, 1.165) is 15.7 Å². The first kappa shape index (κ1) is 25.2. The number of phenolic OH excluding ortho intramolecular Hbond substituents is 1. The van der Waals surface area contributed by atoms with Crippen LogP contribution in [0.3, 0.4) is 0 Å². The highest BCUT2D eigenvalue weighted by atomic mass is 32.2. The van der Waals surface area contributed by atoms with Gasteiger partial charge in [0, 0.05) is 39.9 Å². The number of fused-ring (bicyclic) bond motifs is 1. The predicted molar refractivity (Wildman–Crippen MR) is 141 cm³/mol. The van der Waals surface area contributed by atoms with Crippen molar-refractivity contribution in [3.8, 4) is 5.75 Å². The van der Waals surface area contributed by atoms with E-state index >= 15 is 0 Å². The van der Waals surface area contributed by atoms with Gasteiger partial charge in [0.1, 0.15) is 11.4 Å². The minimum atomic E-state index is -1.06. The second kappa shape index (κ2) is 11.7. The van der Waals surface area contributed by atoms with E-state index < -0.39 is 24.0 Å². The standard InChI is InChI=1S/C28H27N3O4S/c1-18-22(12-7-13-25(18)32)27(34)31-24(17-36-21-10-3-2-4-11-21)26(33)16-30-28(35)23-14-19-8-5-6-9-20(19)15-29-23/h2-15,24,26,32-33H,16-17H2,1H3,(H,30,35)(H,31,34). The number of pyridine rings is 1. The van der Waals surface area contributed by atoms with Crippen LogP contribution in [0.15, 0.2) is 90.0 Å². The summed E-state index contributed by atoms with van der Waals surface area (Å²) in [5, 5.41) is 28.4. The van der Waals surface area contributed by atoms with Gasteiger partial charge in [-0.2, -0.15) is 0 Å². The van der Waals surface area contributed by atoms with Crippen molar-refractivity contribution in [2.45, 2.75) is 24.0 Å². The third-order valence-corrected chi connectivity index (χ3v) is 6.97. The number of hydrogen-bond acceptors (Lipinski definition) is 6. The molecular formula is C28H27N3O4S. The van der Waals surface area contributed by atoms with Gasteiger partial charge in [0.25, 0.3) is 11.8 Å². The molecule has 2 unspecified atom stereocenters. The third kappa shape index (κ3) is 6.21. The summed E-state index contributed by atoms with van der Waals surface area (Å²) >= 11 is 1.48. The number of aromatic nitrogens is 1. The smallest absolute Gasteiger partial charge is 0.269 e. The molecule has 4 N–H and O–H groups in total. The van der Waals surface area contributed by atoms with Crippen molar-refractivity contribution >= 4 is 34.3 Å². The lowest BCUT2D eigenvalue weighted by Crippen LogP contribution is -2.50. The molecule has 0 fully saturated rings. The van der Waals surface area contributed by atoms with Gasteiger partial charge in [0.15, 0.2) is 0 Å². The highest BCUT2D eigenvalue weighted by Crippen LogP contribution is 2.22. The van der Waals surface area contributed by atoms with Gasteiger partial charge in [-0.3, -0.25) is 14.6 Å². The van der Waals surface area contributed by atoms with E-state index in [-0.39, 0.29) is 18.0 Å². The number of carbonyl (C=O) groups excluding carboxylic acids is 2. The molecule has 0 radical (unpaired) electrons. The Morgan fingerprint density at radius 1 is 0.944 bits per heavy atom. The molecule has 1 heterocycles. The van der Waals surface area contributed by atoms with Crippen LogP contribution in [-0.2, 0) is 0 Å². The van der Waals surface area contributed by atoms with Gasteiger partial charge < -0.3 is 20.8 Å². The molecule has 0 aliphatic carbocycles. The maximum Gasteiger partial charge on any atom is 0.269 e. The zero-order valence-corrected chi connectivity index (χ0v) is 20.5. The van der Waals surface area contributed by atoms with Crippen LogP contribution in [0.2, 0.25) is 0 Å². The number of phenols is 1. The molecule has 2 atom stereocenters. The molecule has 0 aliphatic heterocycles. The van der Waals surface area contributed by atoms with Crippen LogP contribution >= 0.6 is 11.8 Å². The summed E-state index contributed by atoms with van der Waals surface area (Å²) in [6.07, 6.45) is 0.574. The number of aliphatic hydroxyl groups excluding tert-OH is 1. The van der Waals surface area contributed by atoms with Crippen molar-refractivity contribution < 1.29 is 19.8 Å². The number of rotatable bonds is 9. The molecule has 0 aliphatic rings. The van der Waals surface area contributed by atoms with E-state index in [1.807, 2.05) is 54.6 Å². The van der Waals surface area contributed by atoms with Crippen LogP contribution in [0.4, 0.5) is 0 Å². The largest absolute Gasteiger partial charge is 0.508 e. The summed E-state index contributed by atoms with van der Waals surface area (Å²) in [6.45, 7) is 1.58. The number of thioether (sulfide) groups is 1. The average molecular weight is 502 g/mol. The van der Waals surface area contributed by atoms with Crippen molar-refractivity contribution in [3.05, 3.63) is 102 Å². The number of hydrogen-bond donors (Lipinski definition) is 4. The van der Waals surface area contributed by atoms with Crippen molar-refractivity contribution in [3.63, 3.8) is 0 Å². The average Bonchev–Trinajstić information content (AvgIpc) is 2.91. The molecular weight excluding hydrogens is 474 g/mol. The molecule has 8 heteroatoms. The third-order valence-electron chi connectivity index (χ3n) is 5.84. The number of aliphatic hydroxyl groups is 1. The first-order valence-corrected chi connectivity index (χ1v) is 12.5. The number of amides is 2. The van der Waals surface area contributed by atoms with E-state index in [2.05, 4.69) is 15.6 Å². The van der Waals surface area contributed by atoms with Gasteiger partial charge in [-0.25, -0.2) is 0 Å². The summed E-state index contributed by atoms with van der Waals surface area (Å²) < 4.78 is 0. The Kier molecular flexibility index (Phi) is 8.20. The van der Waals surface area contributed by atoms with Gasteiger partial charge in [0.2, 0.25) is 0 Å². The molecule has 0 spiro atoms. The predicted octanol–water partition coefficient (Wildman–Crippen LogP) is 3.93. The first-order chi connectivity index (χ1) is 17.4. The number of nitrogens with zero attached hydrogens (tertiary/aromatic N) is 1. The van der Waals surface area contributed by atoms with E-state index in [1.165, 1.54) is 17.8 Å². The highest BCUT2D eigenvalue weighted by Gasteiger charge is 2.24. The summed E-state index contributed by atoms with van der Waals surface area (Å²) in [5.41, 5.74) is 1.02. The van der Waals surface area contributed by atoms with Gasteiger partial charge >= 0.3 is 0 Å². The van der Waals surface area contributed by atoms with E-state index in [9.17, 15) is 19.8 Å². The quantitative estimate of drug-likeness (QED) is 0.259. The maximum absolute atomic E-state index is 13.0. The molecule has 1 aromatic heterocycles. The number of carbonyl (C=O) groups is 2. The Morgan fingerprint density at radius 2 is 1.67 bits per heavy atom. The molecule has 7 nitrogen and oxygen atoms in total. The van der Waals surface area contributed by atoms with Crippen molar-refractivity contribution in [2.24, 2.45) is 0 Å². The van der Waals surface area contributed by atoms with E-state index in [4.69, 9.17) is 0 Å².